The van der Waals surface area contributed by atoms with E-state index in [0.717, 1.165) is 0 Å². The number of benzene rings is 1. The molecule has 0 aliphatic heterocycles. The molecule has 86 valence electrons. The van der Waals surface area contributed by atoms with Crippen LogP contribution in [-0.2, 0) is 0 Å². The molecular formula is C10H5BrN2O4. The molecule has 1 heterocycles. The lowest BCUT2D eigenvalue weighted by molar-refractivity contribution is -0.383. The molecule has 2 aromatic rings. The van der Waals surface area contributed by atoms with E-state index in [0.29, 0.717) is 9.86 Å². The first-order chi connectivity index (χ1) is 8.02. The zero-order valence-corrected chi connectivity index (χ0v) is 9.84. The van der Waals surface area contributed by atoms with Crippen LogP contribution in [0, 0.1) is 10.1 Å². The minimum absolute atomic E-state index is 0.0272. The van der Waals surface area contributed by atoms with Crippen LogP contribution >= 0.6 is 15.9 Å². The SMILES string of the molecule is O=C(O)c1ncc(Br)c2cccc([N+](=O)[O-])c12. The third kappa shape index (κ3) is 1.84. The Morgan fingerprint density at radius 2 is 2.18 bits per heavy atom. The number of nitro groups is 1. The third-order valence-corrected chi connectivity index (χ3v) is 2.87. The highest BCUT2D eigenvalue weighted by Crippen LogP contribution is 2.32. The monoisotopic (exact) mass is 296 g/mol. The molecule has 0 atom stereocenters. The largest absolute Gasteiger partial charge is 0.476 e. The van der Waals surface area contributed by atoms with Crippen molar-refractivity contribution in [2.45, 2.75) is 0 Å². The molecule has 0 aliphatic rings. The minimum Gasteiger partial charge on any atom is -0.476 e. The summed E-state index contributed by atoms with van der Waals surface area (Å²) in [5, 5.41) is 20.3. The van der Waals surface area contributed by atoms with E-state index >= 15 is 0 Å². The lowest BCUT2D eigenvalue weighted by Gasteiger charge is -2.04. The van der Waals surface area contributed by atoms with Gasteiger partial charge < -0.3 is 5.11 Å². The molecule has 17 heavy (non-hydrogen) atoms. The van der Waals surface area contributed by atoms with E-state index in [1.165, 1.54) is 18.3 Å². The topological polar surface area (TPSA) is 93.3 Å². The summed E-state index contributed by atoms with van der Waals surface area (Å²) in [7, 11) is 0. The van der Waals surface area contributed by atoms with Crippen molar-refractivity contribution in [2.24, 2.45) is 0 Å². The van der Waals surface area contributed by atoms with E-state index in [9.17, 15) is 14.9 Å². The van der Waals surface area contributed by atoms with E-state index in [1.807, 2.05) is 0 Å². The molecule has 0 amide bonds. The molecule has 1 N–H and O–H groups in total. The number of carbonyl (C=O) groups is 1. The second-order valence-electron chi connectivity index (χ2n) is 3.22. The van der Waals surface area contributed by atoms with Crippen molar-refractivity contribution in [2.75, 3.05) is 0 Å². The number of aromatic carboxylic acids is 1. The number of hydrogen-bond acceptors (Lipinski definition) is 4. The third-order valence-electron chi connectivity index (χ3n) is 2.24. The molecule has 1 aromatic heterocycles. The van der Waals surface area contributed by atoms with E-state index in [4.69, 9.17) is 5.11 Å². The molecule has 0 radical (unpaired) electrons. The molecule has 0 spiro atoms. The Labute approximate surface area is 103 Å². The lowest BCUT2D eigenvalue weighted by atomic mass is 10.1. The van der Waals surface area contributed by atoms with Gasteiger partial charge in [0.1, 0.15) is 0 Å². The minimum atomic E-state index is -1.29. The quantitative estimate of drug-likeness (QED) is 0.679. The van der Waals surface area contributed by atoms with Gasteiger partial charge >= 0.3 is 5.97 Å². The average Bonchev–Trinajstić information content (AvgIpc) is 2.28. The van der Waals surface area contributed by atoms with Gasteiger partial charge in [-0.3, -0.25) is 10.1 Å². The normalized spacial score (nSPS) is 10.4. The van der Waals surface area contributed by atoms with Gasteiger partial charge in [-0.25, -0.2) is 9.78 Å². The Bertz CT molecular complexity index is 621. The van der Waals surface area contributed by atoms with Gasteiger partial charge in [0, 0.05) is 22.1 Å². The Hall–Kier alpha value is -2.02. The fourth-order valence-electron chi connectivity index (χ4n) is 1.56. The van der Waals surface area contributed by atoms with Crippen LogP contribution < -0.4 is 0 Å². The van der Waals surface area contributed by atoms with E-state index in [-0.39, 0.29) is 16.8 Å². The number of aromatic nitrogens is 1. The maximum absolute atomic E-state index is 11.0. The highest BCUT2D eigenvalue weighted by Gasteiger charge is 2.21. The van der Waals surface area contributed by atoms with Crippen LogP contribution in [0.4, 0.5) is 5.69 Å². The first-order valence-corrected chi connectivity index (χ1v) is 5.26. The number of halogens is 1. The second kappa shape index (κ2) is 4.10. The fraction of sp³-hybridized carbons (Fsp3) is 0. The summed E-state index contributed by atoms with van der Waals surface area (Å²) in [6, 6.07) is 4.35. The number of pyridine rings is 1. The van der Waals surface area contributed by atoms with Crippen LogP contribution in [0.2, 0.25) is 0 Å². The van der Waals surface area contributed by atoms with E-state index in [2.05, 4.69) is 20.9 Å². The van der Waals surface area contributed by atoms with Gasteiger partial charge in [0.2, 0.25) is 0 Å². The van der Waals surface area contributed by atoms with Gasteiger partial charge in [-0.1, -0.05) is 12.1 Å². The summed E-state index contributed by atoms with van der Waals surface area (Å²) in [6.45, 7) is 0. The van der Waals surface area contributed by atoms with Gasteiger partial charge in [0.15, 0.2) is 5.69 Å². The lowest BCUT2D eigenvalue weighted by Crippen LogP contribution is -2.03. The van der Waals surface area contributed by atoms with Crippen LogP contribution in [0.1, 0.15) is 10.5 Å². The molecule has 0 saturated heterocycles. The number of fused-ring (bicyclic) bond motifs is 1. The van der Waals surface area contributed by atoms with Crippen LogP contribution in [0.3, 0.4) is 0 Å². The van der Waals surface area contributed by atoms with Gasteiger partial charge in [-0.05, 0) is 15.9 Å². The predicted molar refractivity (Wildman–Crippen MR) is 63.1 cm³/mol. The van der Waals surface area contributed by atoms with Crippen molar-refractivity contribution in [1.82, 2.24) is 4.98 Å². The van der Waals surface area contributed by atoms with Crippen molar-refractivity contribution in [3.63, 3.8) is 0 Å². The number of rotatable bonds is 2. The molecule has 1 aromatic carbocycles. The van der Waals surface area contributed by atoms with Gasteiger partial charge in [0.05, 0.1) is 10.3 Å². The first-order valence-electron chi connectivity index (χ1n) is 4.47. The number of carboxylic acid groups (broad SMARTS) is 1. The summed E-state index contributed by atoms with van der Waals surface area (Å²) in [5.74, 6) is -1.29. The summed E-state index contributed by atoms with van der Waals surface area (Å²) >= 11 is 3.19. The van der Waals surface area contributed by atoms with Crippen LogP contribution in [0.5, 0.6) is 0 Å². The number of carboxylic acids is 1. The Kier molecular flexibility index (Phi) is 2.76. The zero-order valence-electron chi connectivity index (χ0n) is 8.25. The summed E-state index contributed by atoms with van der Waals surface area (Å²) in [4.78, 5) is 24.9. The van der Waals surface area contributed by atoms with Crippen molar-refractivity contribution < 1.29 is 14.8 Å². The van der Waals surface area contributed by atoms with Crippen LogP contribution in [0.25, 0.3) is 10.8 Å². The fourth-order valence-corrected chi connectivity index (χ4v) is 1.99. The van der Waals surface area contributed by atoms with Crippen LogP contribution in [0.15, 0.2) is 28.9 Å². The molecule has 0 saturated carbocycles. The molecule has 0 aliphatic carbocycles. The second-order valence-corrected chi connectivity index (χ2v) is 4.07. The summed E-state index contributed by atoms with van der Waals surface area (Å²) in [5.41, 5.74) is -0.593. The summed E-state index contributed by atoms with van der Waals surface area (Å²) < 4.78 is 0.515. The molecule has 7 heteroatoms. The van der Waals surface area contributed by atoms with Crippen molar-refractivity contribution in [1.29, 1.82) is 0 Å². The summed E-state index contributed by atoms with van der Waals surface area (Å²) in [6.07, 6.45) is 1.31. The number of hydrogen-bond donors (Lipinski definition) is 1. The number of nitrogens with zero attached hydrogens (tertiary/aromatic N) is 2. The van der Waals surface area contributed by atoms with Gasteiger partial charge in [-0.2, -0.15) is 0 Å². The van der Waals surface area contributed by atoms with Crippen molar-refractivity contribution >= 4 is 38.4 Å². The average molecular weight is 297 g/mol. The van der Waals surface area contributed by atoms with Crippen LogP contribution in [-0.4, -0.2) is 21.0 Å². The molecule has 0 unspecified atom stereocenters. The van der Waals surface area contributed by atoms with E-state index < -0.39 is 10.9 Å². The zero-order chi connectivity index (χ0) is 12.6. The van der Waals surface area contributed by atoms with Gasteiger partial charge in [-0.15, -0.1) is 0 Å². The van der Waals surface area contributed by atoms with Crippen molar-refractivity contribution in [3.8, 4) is 0 Å². The molecule has 0 fully saturated rings. The molecule has 6 nitrogen and oxygen atoms in total. The molecule has 2 rings (SSSR count). The van der Waals surface area contributed by atoms with Gasteiger partial charge in [0.25, 0.3) is 5.69 Å². The van der Waals surface area contributed by atoms with Crippen molar-refractivity contribution in [3.05, 3.63) is 44.7 Å². The Morgan fingerprint density at radius 1 is 1.47 bits per heavy atom. The number of nitro benzene ring substituents is 1. The highest BCUT2D eigenvalue weighted by molar-refractivity contribution is 9.10. The predicted octanol–water partition coefficient (Wildman–Crippen LogP) is 2.60. The molecule has 0 bridgehead atoms. The Morgan fingerprint density at radius 3 is 2.76 bits per heavy atom. The Balaban J connectivity index is 2.99. The first kappa shape index (κ1) is 11.5. The maximum atomic E-state index is 11.0. The molecular weight excluding hydrogens is 292 g/mol. The maximum Gasteiger partial charge on any atom is 0.355 e. The number of non-ortho nitro benzene ring substituents is 1. The standard InChI is InChI=1S/C10H5BrN2O4/c11-6-4-12-9(10(14)15)8-5(6)2-1-3-7(8)13(16)17/h1-4H,(H,14,15). The smallest absolute Gasteiger partial charge is 0.355 e. The van der Waals surface area contributed by atoms with E-state index in [1.54, 1.807) is 6.07 Å². The highest BCUT2D eigenvalue weighted by atomic mass is 79.9.